The molecule has 0 saturated carbocycles. The fraction of sp³-hybridized carbons (Fsp3) is 0. The van der Waals surface area contributed by atoms with Crippen molar-refractivity contribution < 1.29 is 0 Å². The predicted molar refractivity (Wildman–Crippen MR) is 64.3 cm³/mol. The molecule has 3 aromatic rings. The van der Waals surface area contributed by atoms with E-state index in [1.54, 1.807) is 18.7 Å². The van der Waals surface area contributed by atoms with Crippen LogP contribution in [-0.4, -0.2) is 15.0 Å². The lowest BCUT2D eigenvalue weighted by atomic mass is 10.1. The van der Waals surface area contributed by atoms with Crippen LogP contribution in [0.3, 0.4) is 0 Å². The van der Waals surface area contributed by atoms with Gasteiger partial charge in [0.15, 0.2) is 0 Å². The average Bonchev–Trinajstić information content (AvgIpc) is 2.82. The Morgan fingerprint density at radius 1 is 1.19 bits per heavy atom. The smallest absolute Gasteiger partial charge is 0.0924 e. The molecule has 0 aliphatic carbocycles. The molecule has 3 rings (SSSR count). The van der Waals surface area contributed by atoms with E-state index < -0.39 is 0 Å². The molecule has 0 aliphatic heterocycles. The average molecular weight is 230 g/mol. The number of aromatic amines is 1. The third-order valence-electron chi connectivity index (χ3n) is 2.49. The second-order valence-electron chi connectivity index (χ2n) is 3.46. The van der Waals surface area contributed by atoms with Gasteiger partial charge in [-0.25, -0.2) is 4.98 Å². The SMILES string of the molecule is Clc1ccc2cccnc2c1-c1cnc[nH]1. The fourth-order valence-electron chi connectivity index (χ4n) is 1.77. The molecule has 0 atom stereocenters. The standard InChI is InChI=1S/C12H8ClN3/c13-9-4-3-8-2-1-5-15-12(8)11(9)10-6-14-7-16-10/h1-7H,(H,14,16). The van der Waals surface area contributed by atoms with Gasteiger partial charge in [-0.15, -0.1) is 0 Å². The molecule has 0 spiro atoms. The maximum Gasteiger partial charge on any atom is 0.0924 e. The molecule has 0 saturated heterocycles. The Morgan fingerprint density at radius 2 is 2.12 bits per heavy atom. The summed E-state index contributed by atoms with van der Waals surface area (Å²) in [6.07, 6.45) is 5.14. The van der Waals surface area contributed by atoms with Gasteiger partial charge in [0, 0.05) is 17.1 Å². The van der Waals surface area contributed by atoms with Gasteiger partial charge in [0.2, 0.25) is 0 Å². The van der Waals surface area contributed by atoms with Crippen molar-refractivity contribution in [2.75, 3.05) is 0 Å². The monoisotopic (exact) mass is 229 g/mol. The first-order chi connectivity index (χ1) is 7.86. The minimum absolute atomic E-state index is 0.676. The third kappa shape index (κ3) is 1.37. The van der Waals surface area contributed by atoms with Crippen LogP contribution in [0.15, 0.2) is 43.0 Å². The number of aromatic nitrogens is 3. The van der Waals surface area contributed by atoms with Crippen LogP contribution in [0.4, 0.5) is 0 Å². The molecule has 2 heterocycles. The second-order valence-corrected chi connectivity index (χ2v) is 3.87. The Balaban J connectivity index is 2.42. The highest BCUT2D eigenvalue weighted by atomic mass is 35.5. The molecule has 0 radical (unpaired) electrons. The number of halogens is 1. The summed E-state index contributed by atoms with van der Waals surface area (Å²) in [5.74, 6) is 0. The van der Waals surface area contributed by atoms with Crippen molar-refractivity contribution in [1.82, 2.24) is 15.0 Å². The summed E-state index contributed by atoms with van der Waals surface area (Å²) in [4.78, 5) is 11.4. The van der Waals surface area contributed by atoms with E-state index in [-0.39, 0.29) is 0 Å². The van der Waals surface area contributed by atoms with Gasteiger partial charge in [-0.05, 0) is 12.1 Å². The first-order valence-electron chi connectivity index (χ1n) is 4.88. The highest BCUT2D eigenvalue weighted by Gasteiger charge is 2.10. The molecule has 4 heteroatoms. The molecule has 78 valence electrons. The van der Waals surface area contributed by atoms with Crippen LogP contribution < -0.4 is 0 Å². The number of fused-ring (bicyclic) bond motifs is 1. The van der Waals surface area contributed by atoms with Crippen molar-refractivity contribution in [3.05, 3.63) is 48.0 Å². The minimum Gasteiger partial charge on any atom is -0.345 e. The lowest BCUT2D eigenvalue weighted by Gasteiger charge is -2.05. The number of hydrogen-bond acceptors (Lipinski definition) is 2. The number of benzene rings is 1. The van der Waals surface area contributed by atoms with E-state index >= 15 is 0 Å². The largest absolute Gasteiger partial charge is 0.345 e. The van der Waals surface area contributed by atoms with Gasteiger partial charge in [-0.3, -0.25) is 4.98 Å². The molecular weight excluding hydrogens is 222 g/mol. The van der Waals surface area contributed by atoms with E-state index in [0.717, 1.165) is 22.2 Å². The summed E-state index contributed by atoms with van der Waals surface area (Å²) >= 11 is 6.21. The van der Waals surface area contributed by atoms with Crippen LogP contribution in [0, 0.1) is 0 Å². The van der Waals surface area contributed by atoms with Crippen molar-refractivity contribution >= 4 is 22.5 Å². The topological polar surface area (TPSA) is 41.6 Å². The molecule has 3 nitrogen and oxygen atoms in total. The van der Waals surface area contributed by atoms with Crippen LogP contribution in [0.2, 0.25) is 5.02 Å². The van der Waals surface area contributed by atoms with E-state index in [9.17, 15) is 0 Å². The molecular formula is C12H8ClN3. The van der Waals surface area contributed by atoms with Gasteiger partial charge in [0.1, 0.15) is 0 Å². The molecule has 0 aliphatic rings. The summed E-state index contributed by atoms with van der Waals surface area (Å²) in [7, 11) is 0. The summed E-state index contributed by atoms with van der Waals surface area (Å²) in [5.41, 5.74) is 2.67. The summed E-state index contributed by atoms with van der Waals surface area (Å²) in [5, 5.41) is 1.74. The number of hydrogen-bond donors (Lipinski definition) is 1. The number of nitrogens with one attached hydrogen (secondary N) is 1. The van der Waals surface area contributed by atoms with Crippen LogP contribution in [0.25, 0.3) is 22.2 Å². The van der Waals surface area contributed by atoms with Crippen LogP contribution in [-0.2, 0) is 0 Å². The zero-order valence-electron chi connectivity index (χ0n) is 8.31. The quantitative estimate of drug-likeness (QED) is 0.696. The van der Waals surface area contributed by atoms with Crippen molar-refractivity contribution in [3.63, 3.8) is 0 Å². The molecule has 0 fully saturated rings. The lowest BCUT2D eigenvalue weighted by molar-refractivity contribution is 1.31. The van der Waals surface area contributed by atoms with Crippen molar-refractivity contribution in [2.24, 2.45) is 0 Å². The van der Waals surface area contributed by atoms with E-state index in [4.69, 9.17) is 11.6 Å². The number of pyridine rings is 1. The molecule has 1 aromatic carbocycles. The number of nitrogens with zero attached hydrogens (tertiary/aromatic N) is 2. The molecule has 16 heavy (non-hydrogen) atoms. The Kier molecular flexibility index (Phi) is 2.11. The lowest BCUT2D eigenvalue weighted by Crippen LogP contribution is -1.86. The van der Waals surface area contributed by atoms with Crippen molar-refractivity contribution in [2.45, 2.75) is 0 Å². The molecule has 2 aromatic heterocycles. The molecule has 1 N–H and O–H groups in total. The van der Waals surface area contributed by atoms with Crippen molar-refractivity contribution in [1.29, 1.82) is 0 Å². The van der Waals surface area contributed by atoms with Crippen molar-refractivity contribution in [3.8, 4) is 11.3 Å². The van der Waals surface area contributed by atoms with Gasteiger partial charge < -0.3 is 4.98 Å². The molecule has 0 bridgehead atoms. The Labute approximate surface area is 97.1 Å². The van der Waals surface area contributed by atoms with Crippen LogP contribution in [0.5, 0.6) is 0 Å². The normalized spacial score (nSPS) is 10.8. The highest BCUT2D eigenvalue weighted by Crippen LogP contribution is 2.32. The summed E-state index contributed by atoms with van der Waals surface area (Å²) < 4.78 is 0. The first-order valence-corrected chi connectivity index (χ1v) is 5.26. The fourth-order valence-corrected chi connectivity index (χ4v) is 2.02. The van der Waals surface area contributed by atoms with E-state index in [1.165, 1.54) is 0 Å². The number of rotatable bonds is 1. The molecule has 0 unspecified atom stereocenters. The first kappa shape index (κ1) is 9.36. The number of imidazole rings is 1. The van der Waals surface area contributed by atoms with Crippen LogP contribution >= 0.6 is 11.6 Å². The maximum atomic E-state index is 6.21. The zero-order valence-corrected chi connectivity index (χ0v) is 9.07. The Hall–Kier alpha value is -1.87. The van der Waals surface area contributed by atoms with Gasteiger partial charge in [-0.2, -0.15) is 0 Å². The van der Waals surface area contributed by atoms with Gasteiger partial charge in [-0.1, -0.05) is 23.7 Å². The van der Waals surface area contributed by atoms with E-state index in [1.807, 2.05) is 24.3 Å². The maximum absolute atomic E-state index is 6.21. The highest BCUT2D eigenvalue weighted by molar-refractivity contribution is 6.34. The predicted octanol–water partition coefficient (Wildman–Crippen LogP) is 3.28. The zero-order chi connectivity index (χ0) is 11.0. The second kappa shape index (κ2) is 3.61. The van der Waals surface area contributed by atoms with Crippen LogP contribution in [0.1, 0.15) is 0 Å². The molecule has 0 amide bonds. The summed E-state index contributed by atoms with van der Waals surface area (Å²) in [6, 6.07) is 7.76. The third-order valence-corrected chi connectivity index (χ3v) is 2.81. The Morgan fingerprint density at radius 3 is 2.94 bits per heavy atom. The van der Waals surface area contributed by atoms with Gasteiger partial charge in [0.25, 0.3) is 0 Å². The number of H-pyrrole nitrogens is 1. The minimum atomic E-state index is 0.676. The van der Waals surface area contributed by atoms with E-state index in [0.29, 0.717) is 5.02 Å². The van der Waals surface area contributed by atoms with Gasteiger partial charge >= 0.3 is 0 Å². The Bertz CT molecular complexity index is 632. The summed E-state index contributed by atoms with van der Waals surface area (Å²) in [6.45, 7) is 0. The van der Waals surface area contributed by atoms with Gasteiger partial charge in [0.05, 0.1) is 28.8 Å². The van der Waals surface area contributed by atoms with E-state index in [2.05, 4.69) is 15.0 Å².